The number of nitrogens with two attached hydrogens (primary N) is 1. The summed E-state index contributed by atoms with van der Waals surface area (Å²) in [7, 11) is 3.23. The Morgan fingerprint density at radius 2 is 1.88 bits per heavy atom. The Bertz CT molecular complexity index is 686. The molecular weight excluding hydrogens is 346 g/mol. The van der Waals surface area contributed by atoms with Crippen LogP contribution in [0.15, 0.2) is 22.7 Å². The minimum atomic E-state index is -0.263. The lowest BCUT2D eigenvalue weighted by atomic mass is 9.80. The van der Waals surface area contributed by atoms with Gasteiger partial charge in [0.05, 0.1) is 19.6 Å². The molecule has 0 unspecified atom stereocenters. The van der Waals surface area contributed by atoms with Crippen LogP contribution in [0.1, 0.15) is 30.1 Å². The van der Waals surface area contributed by atoms with Crippen LogP contribution in [0.3, 0.4) is 0 Å². The topological polar surface area (TPSA) is 92.6 Å². The summed E-state index contributed by atoms with van der Waals surface area (Å²) in [6, 6.07) is 5.75. The first-order valence-corrected chi connectivity index (χ1v) is 8.02. The number of methoxy groups -OCH3 is 2. The van der Waals surface area contributed by atoms with Crippen LogP contribution in [-0.2, 0) is 16.6 Å². The Morgan fingerprint density at radius 1 is 1.16 bits per heavy atom. The number of halogens is 1. The molecule has 3 rings (SSSR count). The molecule has 0 radical (unpaired) electrons. The van der Waals surface area contributed by atoms with E-state index in [1.54, 1.807) is 14.2 Å². The van der Waals surface area contributed by atoms with Crippen LogP contribution in [0.4, 0.5) is 0 Å². The second-order valence-electron chi connectivity index (χ2n) is 5.98. The van der Waals surface area contributed by atoms with Crippen molar-refractivity contribution in [1.82, 2.24) is 10.1 Å². The van der Waals surface area contributed by atoms with Gasteiger partial charge in [-0.05, 0) is 30.5 Å². The van der Waals surface area contributed by atoms with E-state index in [-0.39, 0.29) is 17.8 Å². The number of hydrogen-bond donors (Lipinski definition) is 1. The van der Waals surface area contributed by atoms with Crippen molar-refractivity contribution >= 4 is 12.4 Å². The first-order chi connectivity index (χ1) is 11.7. The van der Waals surface area contributed by atoms with Crippen LogP contribution in [0.2, 0.25) is 0 Å². The third-order valence-electron chi connectivity index (χ3n) is 4.57. The van der Waals surface area contributed by atoms with Crippen molar-refractivity contribution in [3.8, 4) is 11.5 Å². The smallest absolute Gasteiger partial charge is 0.234 e. The molecule has 2 N–H and O–H groups in total. The zero-order valence-electron chi connectivity index (χ0n) is 14.5. The molecule has 0 spiro atoms. The fourth-order valence-corrected chi connectivity index (χ4v) is 2.98. The maximum atomic E-state index is 5.99. The Hall–Kier alpha value is -1.83. The maximum absolute atomic E-state index is 5.99. The van der Waals surface area contributed by atoms with Crippen LogP contribution < -0.4 is 15.2 Å². The summed E-state index contributed by atoms with van der Waals surface area (Å²) in [6.07, 6.45) is 2.17. The van der Waals surface area contributed by atoms with E-state index in [4.69, 9.17) is 24.5 Å². The van der Waals surface area contributed by atoms with E-state index in [9.17, 15) is 0 Å². The predicted octanol–water partition coefficient (Wildman–Crippen LogP) is 2.11. The zero-order valence-corrected chi connectivity index (χ0v) is 15.3. The minimum absolute atomic E-state index is 0. The minimum Gasteiger partial charge on any atom is -0.493 e. The second-order valence-corrected chi connectivity index (χ2v) is 5.98. The van der Waals surface area contributed by atoms with Crippen LogP contribution in [-0.4, -0.2) is 44.1 Å². The summed E-state index contributed by atoms with van der Waals surface area (Å²) >= 11 is 0. The summed E-state index contributed by atoms with van der Waals surface area (Å²) in [5.41, 5.74) is 6.75. The zero-order chi connectivity index (χ0) is 17.0. The number of nitrogens with zero attached hydrogens (tertiary/aromatic N) is 2. The van der Waals surface area contributed by atoms with Crippen LogP contribution >= 0.6 is 12.4 Å². The highest BCUT2D eigenvalue weighted by Crippen LogP contribution is 2.33. The lowest BCUT2D eigenvalue weighted by Crippen LogP contribution is -2.40. The molecule has 1 fully saturated rings. The van der Waals surface area contributed by atoms with Gasteiger partial charge >= 0.3 is 0 Å². The van der Waals surface area contributed by atoms with E-state index in [0.29, 0.717) is 49.4 Å². The first-order valence-electron chi connectivity index (χ1n) is 8.02. The molecular formula is C17H24ClN3O4. The average Bonchev–Trinajstić information content (AvgIpc) is 3.11. The van der Waals surface area contributed by atoms with Gasteiger partial charge in [-0.15, -0.1) is 12.4 Å². The Labute approximate surface area is 153 Å². The summed E-state index contributed by atoms with van der Waals surface area (Å²) < 4.78 is 21.5. The fourth-order valence-electron chi connectivity index (χ4n) is 2.98. The van der Waals surface area contributed by atoms with Crippen LogP contribution in [0, 0.1) is 0 Å². The van der Waals surface area contributed by atoms with Crippen molar-refractivity contribution in [2.24, 2.45) is 5.73 Å². The maximum Gasteiger partial charge on any atom is 0.234 e. The quantitative estimate of drug-likeness (QED) is 0.833. The molecule has 1 aliphatic rings. The van der Waals surface area contributed by atoms with Gasteiger partial charge in [0, 0.05) is 26.2 Å². The summed E-state index contributed by atoms with van der Waals surface area (Å²) in [5, 5.41) is 4.12. The molecule has 0 saturated carbocycles. The largest absolute Gasteiger partial charge is 0.493 e. The Balaban J connectivity index is 0.00000225. The lowest BCUT2D eigenvalue weighted by Gasteiger charge is -2.32. The molecule has 1 aromatic carbocycles. The normalized spacial score (nSPS) is 16.1. The third-order valence-corrected chi connectivity index (χ3v) is 4.57. The standard InChI is InChI=1S/C17H23N3O4.ClH/c1-21-13-4-3-12(9-14(13)22-2)10-15-19-16(24-20-15)17(11-18)5-7-23-8-6-17;/h3-4,9H,5-8,10-11,18H2,1-2H3;1H. The van der Waals surface area contributed by atoms with Gasteiger partial charge < -0.3 is 24.5 Å². The Kier molecular flexibility index (Phi) is 6.64. The summed E-state index contributed by atoms with van der Waals surface area (Å²) in [5.74, 6) is 2.63. The number of benzene rings is 1. The van der Waals surface area contributed by atoms with Crippen molar-refractivity contribution < 1.29 is 18.7 Å². The van der Waals surface area contributed by atoms with E-state index < -0.39 is 0 Å². The SMILES string of the molecule is COc1ccc(Cc2noc(C3(CN)CCOCC3)n2)cc1OC.Cl. The Morgan fingerprint density at radius 3 is 2.52 bits per heavy atom. The molecule has 7 nitrogen and oxygen atoms in total. The summed E-state index contributed by atoms with van der Waals surface area (Å²) in [4.78, 5) is 4.58. The molecule has 25 heavy (non-hydrogen) atoms. The molecule has 8 heteroatoms. The van der Waals surface area contributed by atoms with E-state index in [2.05, 4.69) is 10.1 Å². The van der Waals surface area contributed by atoms with Gasteiger partial charge in [-0.2, -0.15) is 4.98 Å². The molecule has 0 amide bonds. The van der Waals surface area contributed by atoms with Gasteiger partial charge in [0.1, 0.15) is 0 Å². The fraction of sp³-hybridized carbons (Fsp3) is 0.529. The van der Waals surface area contributed by atoms with Gasteiger partial charge in [-0.25, -0.2) is 0 Å². The van der Waals surface area contributed by atoms with E-state index in [1.165, 1.54) is 0 Å². The van der Waals surface area contributed by atoms with Gasteiger partial charge in [-0.3, -0.25) is 0 Å². The molecule has 1 aliphatic heterocycles. The highest BCUT2D eigenvalue weighted by molar-refractivity contribution is 5.85. The third kappa shape index (κ3) is 4.05. The van der Waals surface area contributed by atoms with Crippen LogP contribution in [0.5, 0.6) is 11.5 Å². The molecule has 1 saturated heterocycles. The van der Waals surface area contributed by atoms with Crippen molar-refractivity contribution in [3.63, 3.8) is 0 Å². The molecule has 0 aliphatic carbocycles. The van der Waals surface area contributed by atoms with E-state index in [0.717, 1.165) is 18.4 Å². The predicted molar refractivity (Wildman–Crippen MR) is 94.7 cm³/mol. The summed E-state index contributed by atoms with van der Waals surface area (Å²) in [6.45, 7) is 1.82. The number of rotatable bonds is 6. The number of aromatic nitrogens is 2. The molecule has 1 aromatic heterocycles. The van der Waals surface area contributed by atoms with Gasteiger partial charge in [-0.1, -0.05) is 11.2 Å². The van der Waals surface area contributed by atoms with Crippen molar-refractivity contribution in [2.75, 3.05) is 34.0 Å². The van der Waals surface area contributed by atoms with Gasteiger partial charge in [0.15, 0.2) is 17.3 Å². The van der Waals surface area contributed by atoms with Crippen LogP contribution in [0.25, 0.3) is 0 Å². The van der Waals surface area contributed by atoms with Crippen molar-refractivity contribution in [1.29, 1.82) is 0 Å². The number of hydrogen-bond acceptors (Lipinski definition) is 7. The highest BCUT2D eigenvalue weighted by atomic mass is 35.5. The van der Waals surface area contributed by atoms with Crippen molar-refractivity contribution in [3.05, 3.63) is 35.5 Å². The average molecular weight is 370 g/mol. The lowest BCUT2D eigenvalue weighted by molar-refractivity contribution is 0.0409. The van der Waals surface area contributed by atoms with Crippen molar-refractivity contribution in [2.45, 2.75) is 24.7 Å². The molecule has 2 aromatic rings. The monoisotopic (exact) mass is 369 g/mol. The molecule has 2 heterocycles. The van der Waals surface area contributed by atoms with E-state index in [1.807, 2.05) is 18.2 Å². The number of ether oxygens (including phenoxy) is 3. The molecule has 0 bridgehead atoms. The second kappa shape index (κ2) is 8.51. The van der Waals surface area contributed by atoms with Gasteiger partial charge in [0.2, 0.25) is 5.89 Å². The van der Waals surface area contributed by atoms with E-state index >= 15 is 0 Å². The molecule has 138 valence electrons. The molecule has 0 atom stereocenters. The van der Waals surface area contributed by atoms with Gasteiger partial charge in [0.25, 0.3) is 0 Å². The highest BCUT2D eigenvalue weighted by Gasteiger charge is 2.38. The first kappa shape index (κ1) is 19.5.